The topological polar surface area (TPSA) is 92.6 Å². The molecule has 2 rings (SSSR count). The molecule has 0 unspecified atom stereocenters. The van der Waals surface area contributed by atoms with E-state index in [1.807, 2.05) is 38.1 Å². The highest BCUT2D eigenvalue weighted by Crippen LogP contribution is 2.11. The Balaban J connectivity index is 0.00000392. The van der Waals surface area contributed by atoms with Crippen molar-refractivity contribution in [2.45, 2.75) is 32.5 Å². The molecule has 1 heterocycles. The van der Waals surface area contributed by atoms with Crippen LogP contribution < -0.4 is 16.0 Å². The first kappa shape index (κ1) is 23.9. The third-order valence-corrected chi connectivity index (χ3v) is 3.99. The molecular weight excluding hydrogens is 471 g/mol. The maximum Gasteiger partial charge on any atom is 0.246 e. The molecule has 0 saturated heterocycles. The van der Waals surface area contributed by atoms with Gasteiger partial charge in [-0.25, -0.2) is 0 Å². The van der Waals surface area contributed by atoms with Gasteiger partial charge in [-0.2, -0.15) is 5.10 Å². The number of benzene rings is 1. The predicted octanol–water partition coefficient (Wildman–Crippen LogP) is 2.23. The zero-order valence-electron chi connectivity index (χ0n) is 16.7. The monoisotopic (exact) mass is 500 g/mol. The Hall–Kier alpha value is -2.14. The zero-order chi connectivity index (χ0) is 19.7. The number of rotatable bonds is 8. The number of hydrogen-bond acceptors (Lipinski definition) is 4. The average molecular weight is 500 g/mol. The van der Waals surface area contributed by atoms with Crippen LogP contribution in [-0.4, -0.2) is 48.0 Å². The highest BCUT2D eigenvalue weighted by Gasteiger charge is 2.16. The van der Waals surface area contributed by atoms with Gasteiger partial charge in [0.15, 0.2) is 5.96 Å². The number of aliphatic imine (C=N–C) groups is 1. The minimum atomic E-state index is -0.281. The largest absolute Gasteiger partial charge is 0.377 e. The van der Waals surface area contributed by atoms with Crippen molar-refractivity contribution in [1.29, 1.82) is 0 Å². The number of ether oxygens (including phenoxy) is 1. The molecule has 1 amide bonds. The van der Waals surface area contributed by atoms with Crippen LogP contribution in [0.25, 0.3) is 0 Å². The Morgan fingerprint density at radius 2 is 2.07 bits per heavy atom. The number of halogens is 1. The van der Waals surface area contributed by atoms with Crippen LogP contribution in [0.4, 0.5) is 5.69 Å². The molecule has 0 fully saturated rings. The van der Waals surface area contributed by atoms with Crippen molar-refractivity contribution in [1.82, 2.24) is 20.4 Å². The van der Waals surface area contributed by atoms with E-state index in [0.29, 0.717) is 19.0 Å². The number of hydrogen-bond donors (Lipinski definition) is 3. The quantitative estimate of drug-likeness (QED) is 0.294. The molecule has 0 radical (unpaired) electrons. The van der Waals surface area contributed by atoms with Gasteiger partial charge in [0.25, 0.3) is 0 Å². The van der Waals surface area contributed by atoms with Crippen LogP contribution >= 0.6 is 24.0 Å². The predicted molar refractivity (Wildman–Crippen MR) is 122 cm³/mol. The highest BCUT2D eigenvalue weighted by molar-refractivity contribution is 14.0. The van der Waals surface area contributed by atoms with Crippen LogP contribution in [0.2, 0.25) is 0 Å². The summed E-state index contributed by atoms with van der Waals surface area (Å²) in [6.45, 7) is 5.40. The summed E-state index contributed by atoms with van der Waals surface area (Å²) in [5, 5.41) is 13.4. The Morgan fingerprint density at radius 1 is 1.29 bits per heavy atom. The fourth-order valence-corrected chi connectivity index (χ4v) is 2.28. The van der Waals surface area contributed by atoms with Crippen LogP contribution in [0, 0.1) is 0 Å². The van der Waals surface area contributed by atoms with Gasteiger partial charge in [-0.05, 0) is 37.6 Å². The van der Waals surface area contributed by atoms with Crippen molar-refractivity contribution in [2.75, 3.05) is 26.0 Å². The summed E-state index contributed by atoms with van der Waals surface area (Å²) in [4.78, 5) is 16.3. The van der Waals surface area contributed by atoms with Gasteiger partial charge in [-0.15, -0.1) is 24.0 Å². The van der Waals surface area contributed by atoms with E-state index >= 15 is 0 Å². The van der Waals surface area contributed by atoms with E-state index in [2.05, 4.69) is 26.0 Å². The number of methoxy groups -OCH3 is 1. The summed E-state index contributed by atoms with van der Waals surface area (Å²) in [5.74, 6) is 0.566. The highest BCUT2D eigenvalue weighted by atomic mass is 127. The van der Waals surface area contributed by atoms with Crippen LogP contribution in [0.1, 0.15) is 19.4 Å². The summed E-state index contributed by atoms with van der Waals surface area (Å²) in [7, 11) is 3.41. The van der Waals surface area contributed by atoms with E-state index in [1.165, 1.54) is 0 Å². The van der Waals surface area contributed by atoms with Gasteiger partial charge >= 0.3 is 0 Å². The van der Waals surface area contributed by atoms with Crippen molar-refractivity contribution in [3.05, 3.63) is 48.3 Å². The second kappa shape index (κ2) is 11.6. The molecule has 1 aromatic heterocycles. The van der Waals surface area contributed by atoms with Crippen LogP contribution in [-0.2, 0) is 22.6 Å². The summed E-state index contributed by atoms with van der Waals surface area (Å²) in [6, 6.07) is 9.47. The lowest BCUT2D eigenvalue weighted by Crippen LogP contribution is -2.45. The van der Waals surface area contributed by atoms with Crippen LogP contribution in [0.5, 0.6) is 0 Å². The molecule has 0 atom stereocenters. The molecule has 0 saturated carbocycles. The number of nitrogens with one attached hydrogen (secondary N) is 3. The van der Waals surface area contributed by atoms with E-state index in [4.69, 9.17) is 4.74 Å². The lowest BCUT2D eigenvalue weighted by Gasteiger charge is -2.24. The van der Waals surface area contributed by atoms with Gasteiger partial charge < -0.3 is 20.7 Å². The molecule has 1 aromatic carbocycles. The number of guanidine groups is 1. The minimum Gasteiger partial charge on any atom is -0.377 e. The van der Waals surface area contributed by atoms with E-state index in [-0.39, 0.29) is 42.0 Å². The summed E-state index contributed by atoms with van der Waals surface area (Å²) >= 11 is 0. The van der Waals surface area contributed by atoms with Gasteiger partial charge in [-0.1, -0.05) is 12.1 Å². The number of nitrogens with zero attached hydrogens (tertiary/aromatic N) is 3. The molecule has 8 nitrogen and oxygen atoms in total. The van der Waals surface area contributed by atoms with Crippen molar-refractivity contribution < 1.29 is 9.53 Å². The first-order chi connectivity index (χ1) is 12.9. The van der Waals surface area contributed by atoms with Crippen molar-refractivity contribution >= 4 is 41.5 Å². The van der Waals surface area contributed by atoms with E-state index in [9.17, 15) is 4.79 Å². The van der Waals surface area contributed by atoms with E-state index in [0.717, 1.165) is 11.3 Å². The smallest absolute Gasteiger partial charge is 0.246 e. The van der Waals surface area contributed by atoms with Crippen LogP contribution in [0.15, 0.2) is 47.7 Å². The number of carbonyl (C=O) groups excluding carboxylic acids is 1. The fraction of sp³-hybridized carbons (Fsp3) is 0.421. The van der Waals surface area contributed by atoms with Gasteiger partial charge in [0.05, 0.1) is 5.60 Å². The molecule has 9 heteroatoms. The van der Waals surface area contributed by atoms with E-state index in [1.54, 1.807) is 37.3 Å². The Bertz CT molecular complexity index is 762. The molecule has 0 aliphatic heterocycles. The van der Waals surface area contributed by atoms with Gasteiger partial charge in [0, 0.05) is 45.3 Å². The number of aromatic nitrogens is 2. The lowest BCUT2D eigenvalue weighted by atomic mass is 10.1. The van der Waals surface area contributed by atoms with Gasteiger partial charge in [0.2, 0.25) is 5.91 Å². The molecule has 0 bridgehead atoms. The minimum absolute atomic E-state index is 0. The molecule has 0 aliphatic rings. The number of anilines is 1. The fourth-order valence-electron chi connectivity index (χ4n) is 2.28. The van der Waals surface area contributed by atoms with Crippen LogP contribution in [0.3, 0.4) is 0 Å². The first-order valence-electron chi connectivity index (χ1n) is 8.78. The van der Waals surface area contributed by atoms with Gasteiger partial charge in [-0.3, -0.25) is 14.5 Å². The van der Waals surface area contributed by atoms with E-state index < -0.39 is 0 Å². The molecule has 2 aromatic rings. The lowest BCUT2D eigenvalue weighted by molar-refractivity contribution is -0.116. The second-order valence-electron chi connectivity index (χ2n) is 6.70. The first-order valence-corrected chi connectivity index (χ1v) is 8.78. The zero-order valence-corrected chi connectivity index (χ0v) is 19.1. The molecule has 154 valence electrons. The summed E-state index contributed by atoms with van der Waals surface area (Å²) in [6.07, 6.45) is 3.40. The Morgan fingerprint density at radius 3 is 2.71 bits per heavy atom. The summed E-state index contributed by atoms with van der Waals surface area (Å²) in [5.41, 5.74) is 1.49. The Kier molecular flexibility index (Phi) is 9.94. The Labute approximate surface area is 183 Å². The molecule has 0 aliphatic carbocycles. The number of carbonyl (C=O) groups is 1. The van der Waals surface area contributed by atoms with Crippen molar-refractivity contribution in [3.63, 3.8) is 0 Å². The number of amides is 1. The average Bonchev–Trinajstić information content (AvgIpc) is 3.15. The maximum absolute atomic E-state index is 12.1. The molecule has 0 spiro atoms. The molecule has 3 N–H and O–H groups in total. The summed E-state index contributed by atoms with van der Waals surface area (Å²) < 4.78 is 6.98. The third kappa shape index (κ3) is 8.26. The van der Waals surface area contributed by atoms with Gasteiger partial charge in [0.1, 0.15) is 6.54 Å². The molecule has 28 heavy (non-hydrogen) atoms. The second-order valence-corrected chi connectivity index (χ2v) is 6.70. The standard InChI is InChI=1S/C19H28N6O2.HI/c1-19(2,27-4)14-22-18(20-3)21-12-15-7-5-8-16(11-15)24-17(26)13-25-10-6-9-23-25;/h5-11H,12-14H2,1-4H3,(H,24,26)(H2,20,21,22);1H. The third-order valence-electron chi connectivity index (χ3n) is 3.99. The SMILES string of the molecule is CN=C(NCc1cccc(NC(=O)Cn2cccn2)c1)NCC(C)(C)OC.I. The molecular formula is C19H29IN6O2. The van der Waals surface area contributed by atoms with Crippen molar-refractivity contribution in [3.8, 4) is 0 Å². The van der Waals surface area contributed by atoms with Crippen molar-refractivity contribution in [2.24, 2.45) is 4.99 Å². The maximum atomic E-state index is 12.1. The normalized spacial score (nSPS) is 11.5.